The van der Waals surface area contributed by atoms with Crippen molar-refractivity contribution in [1.29, 1.82) is 0 Å². The van der Waals surface area contributed by atoms with Gasteiger partial charge in [0.15, 0.2) is 0 Å². The number of amidine groups is 1. The largest absolute Gasteiger partial charge is 0.328 e. The maximum Gasteiger partial charge on any atom is 0.263 e. The number of hydrogen-bond donors (Lipinski definition) is 2. The topological polar surface area (TPSA) is 84.5 Å². The third-order valence-electron chi connectivity index (χ3n) is 4.60. The van der Waals surface area contributed by atoms with E-state index >= 15 is 0 Å². The number of nitrogens with one attached hydrogen (secondary N) is 1. The average molecular weight is 307 g/mol. The Hall–Kier alpha value is -1.40. The first kappa shape index (κ1) is 14.5. The minimum absolute atomic E-state index is 0.306. The van der Waals surface area contributed by atoms with Crippen LogP contribution in [0.15, 0.2) is 34.2 Å². The van der Waals surface area contributed by atoms with Crippen LogP contribution >= 0.6 is 0 Å². The van der Waals surface area contributed by atoms with Crippen LogP contribution in [0.4, 0.5) is 0 Å². The van der Waals surface area contributed by atoms with Gasteiger partial charge in [0.2, 0.25) is 0 Å². The predicted molar refractivity (Wildman–Crippen MR) is 82.7 cm³/mol. The van der Waals surface area contributed by atoms with Gasteiger partial charge in [-0.25, -0.2) is 8.42 Å². The first-order valence-electron chi connectivity index (χ1n) is 7.38. The molecule has 1 aromatic rings. The van der Waals surface area contributed by atoms with Crippen molar-refractivity contribution in [1.82, 2.24) is 4.72 Å². The van der Waals surface area contributed by atoms with Crippen molar-refractivity contribution in [2.75, 3.05) is 6.54 Å². The zero-order valence-corrected chi connectivity index (χ0v) is 13.0. The highest BCUT2D eigenvalue weighted by Crippen LogP contribution is 2.35. The van der Waals surface area contributed by atoms with Crippen LogP contribution in [0.25, 0.3) is 0 Å². The summed E-state index contributed by atoms with van der Waals surface area (Å²) in [6.45, 7) is 2.69. The predicted octanol–water partition coefficient (Wildman–Crippen LogP) is 1.63. The molecule has 0 spiro atoms. The Morgan fingerprint density at radius 3 is 2.67 bits per heavy atom. The molecule has 0 atom stereocenters. The quantitative estimate of drug-likeness (QED) is 0.871. The third-order valence-corrected chi connectivity index (χ3v) is 5.99. The van der Waals surface area contributed by atoms with E-state index in [0.717, 1.165) is 25.7 Å². The van der Waals surface area contributed by atoms with Gasteiger partial charge in [0.1, 0.15) is 5.84 Å². The summed E-state index contributed by atoms with van der Waals surface area (Å²) in [5.41, 5.74) is 6.29. The maximum atomic E-state index is 12.1. The lowest BCUT2D eigenvalue weighted by Gasteiger charge is -2.35. The Labute approximate surface area is 125 Å². The molecule has 0 aromatic heterocycles. The van der Waals surface area contributed by atoms with Gasteiger partial charge < -0.3 is 5.73 Å². The van der Waals surface area contributed by atoms with Crippen LogP contribution in [-0.2, 0) is 10.0 Å². The van der Waals surface area contributed by atoms with Crippen molar-refractivity contribution in [2.45, 2.75) is 43.0 Å². The molecule has 21 heavy (non-hydrogen) atoms. The van der Waals surface area contributed by atoms with Crippen molar-refractivity contribution < 1.29 is 8.42 Å². The van der Waals surface area contributed by atoms with Crippen LogP contribution in [0.3, 0.4) is 0 Å². The summed E-state index contributed by atoms with van der Waals surface area (Å²) >= 11 is 0. The van der Waals surface area contributed by atoms with Gasteiger partial charge in [0.05, 0.1) is 10.4 Å². The molecular weight excluding hydrogens is 286 g/mol. The highest BCUT2D eigenvalue weighted by atomic mass is 32.2. The Balaban J connectivity index is 2.01. The number of nitrogens with two attached hydrogens (primary N) is 1. The summed E-state index contributed by atoms with van der Waals surface area (Å²) < 4.78 is 26.8. The number of benzene rings is 1. The minimum atomic E-state index is -3.47. The van der Waals surface area contributed by atoms with Crippen LogP contribution < -0.4 is 10.5 Å². The summed E-state index contributed by atoms with van der Waals surface area (Å²) in [4.78, 5) is 5.06. The van der Waals surface area contributed by atoms with E-state index in [-0.39, 0.29) is 5.54 Å². The molecule has 1 aromatic carbocycles. The van der Waals surface area contributed by atoms with E-state index in [2.05, 4.69) is 11.6 Å². The fourth-order valence-electron chi connectivity index (χ4n) is 3.12. The standard InChI is InChI=1S/C15H21N3O2S/c1-11-6-8-15(10-16,9-7-11)17-14-12-4-2-3-5-13(12)21(19,20)18-14/h2-5,11H,6-10,16H2,1H3,(H,17,18). The molecule has 1 saturated carbocycles. The maximum absolute atomic E-state index is 12.1. The number of sulfonamides is 1. The van der Waals surface area contributed by atoms with E-state index in [0.29, 0.717) is 28.8 Å². The molecule has 0 bridgehead atoms. The molecule has 3 rings (SSSR count). The highest BCUT2D eigenvalue weighted by molar-refractivity contribution is 7.90. The van der Waals surface area contributed by atoms with Gasteiger partial charge in [0, 0.05) is 12.1 Å². The van der Waals surface area contributed by atoms with Gasteiger partial charge >= 0.3 is 0 Å². The zero-order valence-electron chi connectivity index (χ0n) is 12.2. The van der Waals surface area contributed by atoms with Gasteiger partial charge in [-0.15, -0.1) is 0 Å². The Morgan fingerprint density at radius 2 is 2.00 bits per heavy atom. The summed E-state index contributed by atoms with van der Waals surface area (Å²) in [6, 6.07) is 6.95. The fraction of sp³-hybridized carbons (Fsp3) is 0.533. The van der Waals surface area contributed by atoms with E-state index in [1.165, 1.54) is 0 Å². The normalized spacial score (nSPS) is 32.7. The monoisotopic (exact) mass is 307 g/mol. The number of nitrogens with zero attached hydrogens (tertiary/aromatic N) is 1. The zero-order chi connectivity index (χ0) is 15.1. The second-order valence-electron chi connectivity index (χ2n) is 6.17. The molecular formula is C15H21N3O2S. The molecule has 6 heteroatoms. The fourth-order valence-corrected chi connectivity index (χ4v) is 4.35. The molecule has 0 saturated heterocycles. The van der Waals surface area contributed by atoms with E-state index in [9.17, 15) is 8.42 Å². The molecule has 2 aliphatic rings. The SMILES string of the molecule is CC1CCC(CN)(N=C2NS(=O)(=O)c3ccccc32)CC1. The molecule has 3 N–H and O–H groups in total. The second kappa shape index (κ2) is 5.10. The number of rotatable bonds is 2. The van der Waals surface area contributed by atoms with Crippen LogP contribution in [0.1, 0.15) is 38.2 Å². The molecule has 1 fully saturated rings. The number of fused-ring (bicyclic) bond motifs is 1. The molecule has 0 unspecified atom stereocenters. The smallest absolute Gasteiger partial charge is 0.263 e. The Bertz CT molecular complexity index is 674. The highest BCUT2D eigenvalue weighted by Gasteiger charge is 2.36. The summed E-state index contributed by atoms with van der Waals surface area (Å²) in [7, 11) is -3.47. The van der Waals surface area contributed by atoms with Gasteiger partial charge in [-0.3, -0.25) is 9.71 Å². The lowest BCUT2D eigenvalue weighted by molar-refractivity contribution is 0.253. The van der Waals surface area contributed by atoms with Crippen molar-refractivity contribution in [3.63, 3.8) is 0 Å². The van der Waals surface area contributed by atoms with Crippen molar-refractivity contribution >= 4 is 15.9 Å². The van der Waals surface area contributed by atoms with E-state index in [4.69, 9.17) is 10.7 Å². The van der Waals surface area contributed by atoms with Gasteiger partial charge in [-0.05, 0) is 43.7 Å². The van der Waals surface area contributed by atoms with Crippen LogP contribution in [0.2, 0.25) is 0 Å². The van der Waals surface area contributed by atoms with Gasteiger partial charge in [-0.2, -0.15) is 0 Å². The molecule has 5 nitrogen and oxygen atoms in total. The van der Waals surface area contributed by atoms with Crippen molar-refractivity contribution in [3.8, 4) is 0 Å². The van der Waals surface area contributed by atoms with Gasteiger partial charge in [0.25, 0.3) is 10.0 Å². The Kier molecular flexibility index (Phi) is 3.53. The molecule has 0 radical (unpaired) electrons. The van der Waals surface area contributed by atoms with Crippen LogP contribution in [-0.4, -0.2) is 26.3 Å². The van der Waals surface area contributed by atoms with E-state index in [1.807, 2.05) is 6.07 Å². The molecule has 1 heterocycles. The lowest BCUT2D eigenvalue weighted by Crippen LogP contribution is -2.41. The first-order valence-corrected chi connectivity index (χ1v) is 8.86. The number of aliphatic imine (C=N–C) groups is 1. The lowest BCUT2D eigenvalue weighted by atomic mass is 9.77. The van der Waals surface area contributed by atoms with E-state index < -0.39 is 10.0 Å². The molecule has 114 valence electrons. The molecule has 0 amide bonds. The van der Waals surface area contributed by atoms with Crippen LogP contribution in [0.5, 0.6) is 0 Å². The first-order chi connectivity index (χ1) is 9.96. The second-order valence-corrected chi connectivity index (χ2v) is 7.82. The molecule has 1 aliphatic carbocycles. The third kappa shape index (κ3) is 2.58. The van der Waals surface area contributed by atoms with Gasteiger partial charge in [-0.1, -0.05) is 19.1 Å². The average Bonchev–Trinajstić information content (AvgIpc) is 2.73. The van der Waals surface area contributed by atoms with Crippen molar-refractivity contribution in [2.24, 2.45) is 16.6 Å². The van der Waals surface area contributed by atoms with Crippen molar-refractivity contribution in [3.05, 3.63) is 29.8 Å². The summed E-state index contributed by atoms with van der Waals surface area (Å²) in [5.74, 6) is 1.14. The summed E-state index contributed by atoms with van der Waals surface area (Å²) in [6.07, 6.45) is 4.00. The van der Waals surface area contributed by atoms with E-state index in [1.54, 1.807) is 18.2 Å². The Morgan fingerprint density at radius 1 is 1.33 bits per heavy atom. The minimum Gasteiger partial charge on any atom is -0.328 e. The summed E-state index contributed by atoms with van der Waals surface area (Å²) in [5, 5.41) is 0. The number of hydrogen-bond acceptors (Lipinski definition) is 4. The van der Waals surface area contributed by atoms with Crippen LogP contribution in [0, 0.1) is 5.92 Å². The molecule has 1 aliphatic heterocycles.